The van der Waals surface area contributed by atoms with Gasteiger partial charge in [-0.15, -0.1) is 0 Å². The highest BCUT2D eigenvalue weighted by molar-refractivity contribution is 6.32. The SMILES string of the molecule is O=C(CNC(=O)c1cccnc1)c1ccc(Cl)c(O)c1. The number of hydrogen-bond donors (Lipinski definition) is 2. The van der Waals surface area contributed by atoms with E-state index in [1.54, 1.807) is 18.3 Å². The van der Waals surface area contributed by atoms with Gasteiger partial charge in [0.1, 0.15) is 5.75 Å². The van der Waals surface area contributed by atoms with E-state index in [4.69, 9.17) is 11.6 Å². The van der Waals surface area contributed by atoms with Crippen molar-refractivity contribution in [2.75, 3.05) is 6.54 Å². The fraction of sp³-hybridized carbons (Fsp3) is 0.0714. The van der Waals surface area contributed by atoms with Gasteiger partial charge in [0.25, 0.3) is 5.91 Å². The Morgan fingerprint density at radius 3 is 2.70 bits per heavy atom. The van der Waals surface area contributed by atoms with Crippen molar-refractivity contribution in [2.45, 2.75) is 0 Å². The van der Waals surface area contributed by atoms with Crippen LogP contribution in [-0.4, -0.2) is 28.3 Å². The third kappa shape index (κ3) is 3.33. The van der Waals surface area contributed by atoms with E-state index in [2.05, 4.69) is 10.3 Å². The van der Waals surface area contributed by atoms with Gasteiger partial charge in [-0.3, -0.25) is 14.6 Å². The third-order valence-electron chi connectivity index (χ3n) is 2.60. The van der Waals surface area contributed by atoms with Crippen LogP contribution in [0.3, 0.4) is 0 Å². The van der Waals surface area contributed by atoms with Crippen molar-refractivity contribution in [3.8, 4) is 5.75 Å². The summed E-state index contributed by atoms with van der Waals surface area (Å²) in [6.45, 7) is -0.172. The summed E-state index contributed by atoms with van der Waals surface area (Å²) in [4.78, 5) is 27.4. The number of rotatable bonds is 4. The number of phenolic OH excluding ortho intramolecular Hbond substituents is 1. The first-order valence-corrected chi connectivity index (χ1v) is 6.15. The second-order valence-electron chi connectivity index (χ2n) is 4.01. The minimum absolute atomic E-state index is 0.168. The third-order valence-corrected chi connectivity index (χ3v) is 2.92. The first kappa shape index (κ1) is 14.0. The quantitative estimate of drug-likeness (QED) is 0.845. The largest absolute Gasteiger partial charge is 0.506 e. The van der Waals surface area contributed by atoms with E-state index in [9.17, 15) is 14.7 Å². The van der Waals surface area contributed by atoms with Crippen LogP contribution in [0.2, 0.25) is 5.02 Å². The highest BCUT2D eigenvalue weighted by Gasteiger charge is 2.11. The number of nitrogens with zero attached hydrogens (tertiary/aromatic N) is 1. The monoisotopic (exact) mass is 290 g/mol. The number of carbonyl (C=O) groups excluding carboxylic acids is 2. The first-order chi connectivity index (χ1) is 9.58. The molecule has 5 nitrogen and oxygen atoms in total. The summed E-state index contributed by atoms with van der Waals surface area (Å²) in [5, 5.41) is 12.1. The molecule has 0 saturated carbocycles. The molecule has 2 aromatic rings. The summed E-state index contributed by atoms with van der Waals surface area (Å²) in [7, 11) is 0. The maximum Gasteiger partial charge on any atom is 0.253 e. The Balaban J connectivity index is 1.98. The Hall–Kier alpha value is -2.40. The van der Waals surface area contributed by atoms with Crippen LogP contribution in [0, 0.1) is 0 Å². The number of carbonyl (C=O) groups is 2. The molecule has 6 heteroatoms. The maximum absolute atomic E-state index is 11.9. The molecule has 1 aromatic carbocycles. The van der Waals surface area contributed by atoms with Crippen LogP contribution in [0.5, 0.6) is 5.75 Å². The van der Waals surface area contributed by atoms with Crippen LogP contribution in [-0.2, 0) is 0 Å². The zero-order valence-electron chi connectivity index (χ0n) is 10.3. The molecule has 0 atom stereocenters. The van der Waals surface area contributed by atoms with Gasteiger partial charge in [-0.2, -0.15) is 0 Å². The highest BCUT2D eigenvalue weighted by atomic mass is 35.5. The number of benzene rings is 1. The molecular formula is C14H11ClN2O3. The molecule has 0 bridgehead atoms. The van der Waals surface area contributed by atoms with E-state index in [1.807, 2.05) is 0 Å². The van der Waals surface area contributed by atoms with Crippen molar-refractivity contribution in [3.05, 3.63) is 58.9 Å². The molecule has 0 aliphatic carbocycles. The molecule has 1 heterocycles. The molecule has 0 aliphatic heterocycles. The van der Waals surface area contributed by atoms with Crippen LogP contribution >= 0.6 is 11.6 Å². The molecule has 102 valence electrons. The molecule has 1 aromatic heterocycles. The zero-order chi connectivity index (χ0) is 14.5. The highest BCUT2D eigenvalue weighted by Crippen LogP contribution is 2.23. The van der Waals surface area contributed by atoms with Crippen LogP contribution in [0.1, 0.15) is 20.7 Å². The molecule has 0 spiro atoms. The number of aromatic nitrogens is 1. The van der Waals surface area contributed by atoms with Crippen molar-refractivity contribution < 1.29 is 14.7 Å². The topological polar surface area (TPSA) is 79.3 Å². The Kier molecular flexibility index (Phi) is 4.32. The van der Waals surface area contributed by atoms with Gasteiger partial charge < -0.3 is 10.4 Å². The van der Waals surface area contributed by atoms with Crippen LogP contribution in [0.25, 0.3) is 0 Å². The normalized spacial score (nSPS) is 10.1. The van der Waals surface area contributed by atoms with Gasteiger partial charge in [0, 0.05) is 18.0 Å². The summed E-state index contributed by atoms with van der Waals surface area (Å²) >= 11 is 5.65. The van der Waals surface area contributed by atoms with Crippen molar-refractivity contribution in [1.82, 2.24) is 10.3 Å². The lowest BCUT2D eigenvalue weighted by atomic mass is 10.1. The number of halogens is 1. The smallest absolute Gasteiger partial charge is 0.253 e. The van der Waals surface area contributed by atoms with E-state index in [0.717, 1.165) is 0 Å². The number of nitrogens with one attached hydrogen (secondary N) is 1. The predicted octanol–water partition coefficient (Wildman–Crippen LogP) is 2.05. The standard InChI is InChI=1S/C14H11ClN2O3/c15-11-4-3-9(6-12(11)18)13(19)8-17-14(20)10-2-1-5-16-7-10/h1-7,18H,8H2,(H,17,20). The summed E-state index contributed by atoms with van der Waals surface area (Å²) in [5.41, 5.74) is 0.651. The van der Waals surface area contributed by atoms with Gasteiger partial charge >= 0.3 is 0 Å². The van der Waals surface area contributed by atoms with E-state index in [-0.39, 0.29) is 34.6 Å². The number of Topliss-reactive ketones (excluding diaryl/α,β-unsaturated/α-hetero) is 1. The van der Waals surface area contributed by atoms with Crippen LogP contribution < -0.4 is 5.32 Å². The zero-order valence-corrected chi connectivity index (χ0v) is 11.1. The Bertz CT molecular complexity index is 644. The average Bonchev–Trinajstić information content (AvgIpc) is 2.48. The van der Waals surface area contributed by atoms with Crippen molar-refractivity contribution >= 4 is 23.3 Å². The van der Waals surface area contributed by atoms with Gasteiger partial charge in [0.15, 0.2) is 5.78 Å². The lowest BCUT2D eigenvalue weighted by molar-refractivity contribution is 0.0904. The Labute approximate surface area is 120 Å². The van der Waals surface area contributed by atoms with Crippen molar-refractivity contribution in [1.29, 1.82) is 0 Å². The number of phenols is 1. The van der Waals surface area contributed by atoms with Gasteiger partial charge in [-0.25, -0.2) is 0 Å². The summed E-state index contributed by atoms with van der Waals surface area (Å²) in [6, 6.07) is 7.41. The van der Waals surface area contributed by atoms with E-state index in [0.29, 0.717) is 5.56 Å². The van der Waals surface area contributed by atoms with E-state index in [1.165, 1.54) is 24.4 Å². The molecule has 0 unspecified atom stereocenters. The molecule has 2 rings (SSSR count). The number of amides is 1. The molecule has 0 aliphatic rings. The van der Waals surface area contributed by atoms with E-state index < -0.39 is 0 Å². The number of hydrogen-bond acceptors (Lipinski definition) is 4. The van der Waals surface area contributed by atoms with Crippen molar-refractivity contribution in [3.63, 3.8) is 0 Å². The maximum atomic E-state index is 11.9. The lowest BCUT2D eigenvalue weighted by Crippen LogP contribution is -2.29. The fourth-order valence-electron chi connectivity index (χ4n) is 1.55. The Morgan fingerprint density at radius 1 is 1.25 bits per heavy atom. The number of pyridine rings is 1. The predicted molar refractivity (Wildman–Crippen MR) is 74.0 cm³/mol. The minimum atomic E-state index is -0.385. The molecular weight excluding hydrogens is 280 g/mol. The fourth-order valence-corrected chi connectivity index (χ4v) is 1.67. The van der Waals surface area contributed by atoms with Gasteiger partial charge in [-0.1, -0.05) is 11.6 Å². The summed E-state index contributed by atoms with van der Waals surface area (Å²) in [5.74, 6) is -0.880. The lowest BCUT2D eigenvalue weighted by Gasteiger charge is -2.05. The summed E-state index contributed by atoms with van der Waals surface area (Å²) in [6.07, 6.45) is 2.96. The van der Waals surface area contributed by atoms with Crippen molar-refractivity contribution in [2.24, 2.45) is 0 Å². The summed E-state index contributed by atoms with van der Waals surface area (Å²) < 4.78 is 0. The molecule has 20 heavy (non-hydrogen) atoms. The number of ketones is 1. The van der Waals surface area contributed by atoms with Crippen LogP contribution in [0.4, 0.5) is 0 Å². The molecule has 0 fully saturated rings. The second kappa shape index (κ2) is 6.16. The molecule has 1 amide bonds. The Morgan fingerprint density at radius 2 is 2.05 bits per heavy atom. The van der Waals surface area contributed by atoms with Crippen LogP contribution in [0.15, 0.2) is 42.7 Å². The van der Waals surface area contributed by atoms with E-state index >= 15 is 0 Å². The first-order valence-electron chi connectivity index (χ1n) is 5.78. The van der Waals surface area contributed by atoms with Gasteiger partial charge in [0.05, 0.1) is 17.1 Å². The number of aromatic hydroxyl groups is 1. The molecule has 0 radical (unpaired) electrons. The second-order valence-corrected chi connectivity index (χ2v) is 4.42. The van der Waals surface area contributed by atoms with Gasteiger partial charge in [-0.05, 0) is 30.3 Å². The van der Waals surface area contributed by atoms with Gasteiger partial charge in [0.2, 0.25) is 0 Å². The molecule has 2 N–H and O–H groups in total. The molecule has 0 saturated heterocycles. The average molecular weight is 291 g/mol. The minimum Gasteiger partial charge on any atom is -0.506 e.